The van der Waals surface area contributed by atoms with Crippen LogP contribution < -0.4 is 5.32 Å². The summed E-state index contributed by atoms with van der Waals surface area (Å²) in [7, 11) is 2.05. The van der Waals surface area contributed by atoms with Gasteiger partial charge in [-0.3, -0.25) is 14.4 Å². The van der Waals surface area contributed by atoms with E-state index in [4.69, 9.17) is 0 Å². The highest BCUT2D eigenvalue weighted by molar-refractivity contribution is 5.96. The Labute approximate surface area is 168 Å². The molecule has 1 aliphatic heterocycles. The molecule has 1 heterocycles. The molecule has 1 aliphatic rings. The average Bonchev–Trinajstić information content (AvgIpc) is 2.67. The molecule has 2 amide bonds. The van der Waals surface area contributed by atoms with E-state index in [0.717, 1.165) is 13.1 Å². The highest BCUT2D eigenvalue weighted by Crippen LogP contribution is 2.12. The number of ketones is 1. The summed E-state index contributed by atoms with van der Waals surface area (Å²) in [5, 5.41) is 2.92. The number of carbonyl (C=O) groups is 3. The lowest BCUT2D eigenvalue weighted by Crippen LogP contribution is -2.54. The maximum absolute atomic E-state index is 12.9. The van der Waals surface area contributed by atoms with E-state index in [1.807, 2.05) is 30.1 Å². The van der Waals surface area contributed by atoms with E-state index in [1.54, 1.807) is 12.1 Å². The summed E-state index contributed by atoms with van der Waals surface area (Å²) in [6.45, 7) is 7.21. The van der Waals surface area contributed by atoms with Gasteiger partial charge in [-0.1, -0.05) is 44.2 Å². The number of benzene rings is 1. The summed E-state index contributed by atoms with van der Waals surface area (Å²) in [5.41, 5.74) is 0.672. The second-order valence-corrected chi connectivity index (χ2v) is 8.02. The van der Waals surface area contributed by atoms with Crippen LogP contribution in [-0.2, 0) is 9.59 Å². The van der Waals surface area contributed by atoms with E-state index in [-0.39, 0.29) is 24.0 Å². The standard InChI is InChI=1S/C22H33N3O3/c1-17(2)16-19(22(28)25-14-12-24(3)13-15-25)23-21(27)11-7-10-20(26)18-8-5-4-6-9-18/h4-6,8-9,17,19H,7,10-16H2,1-3H3,(H,23,27)/t19-/m0/s1. The fraction of sp³-hybridized carbons (Fsp3) is 0.591. The smallest absolute Gasteiger partial charge is 0.245 e. The van der Waals surface area contributed by atoms with Crippen molar-refractivity contribution in [2.45, 2.75) is 45.6 Å². The van der Waals surface area contributed by atoms with Gasteiger partial charge < -0.3 is 15.1 Å². The molecule has 0 saturated carbocycles. The molecule has 1 aromatic carbocycles. The average molecular weight is 388 g/mol. The van der Waals surface area contributed by atoms with Crippen molar-refractivity contribution in [2.24, 2.45) is 5.92 Å². The Morgan fingerprint density at radius 2 is 1.64 bits per heavy atom. The van der Waals surface area contributed by atoms with Gasteiger partial charge in [0.2, 0.25) is 11.8 Å². The Hall–Kier alpha value is -2.21. The molecule has 0 aromatic heterocycles. The second-order valence-electron chi connectivity index (χ2n) is 8.02. The molecular formula is C22H33N3O3. The van der Waals surface area contributed by atoms with Crippen molar-refractivity contribution in [3.63, 3.8) is 0 Å². The van der Waals surface area contributed by atoms with Gasteiger partial charge in [0, 0.05) is 44.6 Å². The first-order chi connectivity index (χ1) is 13.4. The zero-order valence-corrected chi connectivity index (χ0v) is 17.3. The summed E-state index contributed by atoms with van der Waals surface area (Å²) in [6.07, 6.45) is 1.69. The minimum absolute atomic E-state index is 0.00973. The summed E-state index contributed by atoms with van der Waals surface area (Å²) < 4.78 is 0. The molecule has 0 bridgehead atoms. The minimum atomic E-state index is -0.485. The lowest BCUT2D eigenvalue weighted by Gasteiger charge is -2.35. The van der Waals surface area contributed by atoms with Gasteiger partial charge in [0.1, 0.15) is 6.04 Å². The SMILES string of the molecule is CC(C)C[C@H](NC(=O)CCCC(=O)c1ccccc1)C(=O)N1CCN(C)CC1. The van der Waals surface area contributed by atoms with Crippen LogP contribution in [0.3, 0.4) is 0 Å². The molecule has 1 aromatic rings. The molecule has 0 radical (unpaired) electrons. The number of piperazine rings is 1. The summed E-state index contributed by atoms with van der Waals surface area (Å²) in [5.74, 6) is 0.200. The number of Topliss-reactive ketones (excluding diaryl/α,β-unsaturated/α-hetero) is 1. The van der Waals surface area contributed by atoms with Crippen LogP contribution in [-0.4, -0.2) is 66.7 Å². The lowest BCUT2D eigenvalue weighted by atomic mass is 10.0. The first-order valence-corrected chi connectivity index (χ1v) is 10.2. The molecule has 0 spiro atoms. The predicted molar refractivity (Wildman–Crippen MR) is 110 cm³/mol. The van der Waals surface area contributed by atoms with Gasteiger partial charge in [-0.25, -0.2) is 0 Å². The van der Waals surface area contributed by atoms with E-state index in [1.165, 1.54) is 0 Å². The number of nitrogens with one attached hydrogen (secondary N) is 1. The van der Waals surface area contributed by atoms with Gasteiger partial charge in [0.25, 0.3) is 0 Å². The maximum atomic E-state index is 12.9. The van der Waals surface area contributed by atoms with Gasteiger partial charge in [-0.2, -0.15) is 0 Å². The Bertz CT molecular complexity index is 652. The van der Waals surface area contributed by atoms with Crippen molar-refractivity contribution in [3.8, 4) is 0 Å². The van der Waals surface area contributed by atoms with Crippen LogP contribution in [0.1, 0.15) is 49.9 Å². The van der Waals surface area contributed by atoms with Crippen molar-refractivity contribution in [1.82, 2.24) is 15.1 Å². The number of likely N-dealkylation sites (N-methyl/N-ethyl adjacent to an activating group) is 1. The van der Waals surface area contributed by atoms with Gasteiger partial charge in [0.05, 0.1) is 0 Å². The van der Waals surface area contributed by atoms with Gasteiger partial charge in [-0.05, 0) is 25.8 Å². The molecule has 154 valence electrons. The fourth-order valence-corrected chi connectivity index (χ4v) is 3.38. The number of rotatable bonds is 9. The molecule has 0 aliphatic carbocycles. The number of amides is 2. The van der Waals surface area contributed by atoms with Crippen molar-refractivity contribution in [2.75, 3.05) is 33.2 Å². The van der Waals surface area contributed by atoms with Crippen molar-refractivity contribution >= 4 is 17.6 Å². The van der Waals surface area contributed by atoms with E-state index in [9.17, 15) is 14.4 Å². The molecule has 1 saturated heterocycles. The third-order valence-electron chi connectivity index (χ3n) is 5.06. The summed E-state index contributed by atoms with van der Waals surface area (Å²) in [6, 6.07) is 8.63. The molecule has 1 fully saturated rings. The van der Waals surface area contributed by atoms with Crippen LogP contribution in [0.15, 0.2) is 30.3 Å². The topological polar surface area (TPSA) is 69.7 Å². The fourth-order valence-electron chi connectivity index (χ4n) is 3.38. The highest BCUT2D eigenvalue weighted by atomic mass is 16.2. The number of hydrogen-bond acceptors (Lipinski definition) is 4. The van der Waals surface area contributed by atoms with Crippen molar-refractivity contribution in [1.29, 1.82) is 0 Å². The zero-order valence-electron chi connectivity index (χ0n) is 17.3. The Morgan fingerprint density at radius 1 is 1.00 bits per heavy atom. The van der Waals surface area contributed by atoms with Crippen molar-refractivity contribution < 1.29 is 14.4 Å². The van der Waals surface area contributed by atoms with Crippen LogP contribution in [0.5, 0.6) is 0 Å². The first kappa shape index (κ1) is 22.1. The highest BCUT2D eigenvalue weighted by Gasteiger charge is 2.28. The molecule has 2 rings (SSSR count). The largest absolute Gasteiger partial charge is 0.344 e. The van der Waals surface area contributed by atoms with Crippen LogP contribution in [0, 0.1) is 5.92 Å². The summed E-state index contributed by atoms with van der Waals surface area (Å²) >= 11 is 0. The van der Waals surface area contributed by atoms with Gasteiger partial charge in [-0.15, -0.1) is 0 Å². The number of hydrogen-bond donors (Lipinski definition) is 1. The van der Waals surface area contributed by atoms with E-state index >= 15 is 0 Å². The third-order valence-corrected chi connectivity index (χ3v) is 5.06. The maximum Gasteiger partial charge on any atom is 0.245 e. The predicted octanol–water partition coefficient (Wildman–Crippen LogP) is 2.34. The van der Waals surface area contributed by atoms with E-state index in [0.29, 0.717) is 43.8 Å². The lowest BCUT2D eigenvalue weighted by molar-refractivity contribution is -0.138. The summed E-state index contributed by atoms with van der Waals surface area (Å²) in [4.78, 5) is 41.5. The Morgan fingerprint density at radius 3 is 2.25 bits per heavy atom. The van der Waals surface area contributed by atoms with Crippen LogP contribution in [0.2, 0.25) is 0 Å². The molecule has 1 N–H and O–H groups in total. The molecule has 1 atom stereocenters. The number of nitrogens with zero attached hydrogens (tertiary/aromatic N) is 2. The minimum Gasteiger partial charge on any atom is -0.344 e. The molecule has 6 nitrogen and oxygen atoms in total. The van der Waals surface area contributed by atoms with Crippen LogP contribution in [0.25, 0.3) is 0 Å². The third kappa shape index (κ3) is 7.08. The van der Waals surface area contributed by atoms with Crippen LogP contribution >= 0.6 is 0 Å². The van der Waals surface area contributed by atoms with Gasteiger partial charge in [0.15, 0.2) is 5.78 Å². The normalized spacial score (nSPS) is 16.1. The Balaban J connectivity index is 1.83. The molecule has 6 heteroatoms. The number of carbonyl (C=O) groups excluding carboxylic acids is 3. The molecule has 0 unspecified atom stereocenters. The Kier molecular flexibility index (Phi) is 8.64. The zero-order chi connectivity index (χ0) is 20.5. The van der Waals surface area contributed by atoms with E-state index < -0.39 is 6.04 Å². The van der Waals surface area contributed by atoms with Crippen molar-refractivity contribution in [3.05, 3.63) is 35.9 Å². The second kappa shape index (κ2) is 11.0. The van der Waals surface area contributed by atoms with Gasteiger partial charge >= 0.3 is 0 Å². The molecular weight excluding hydrogens is 354 g/mol. The monoisotopic (exact) mass is 387 g/mol. The molecule has 28 heavy (non-hydrogen) atoms. The quantitative estimate of drug-likeness (QED) is 0.661. The van der Waals surface area contributed by atoms with E-state index in [2.05, 4.69) is 24.1 Å². The van der Waals surface area contributed by atoms with Crippen LogP contribution in [0.4, 0.5) is 0 Å². The first-order valence-electron chi connectivity index (χ1n) is 10.2.